The van der Waals surface area contributed by atoms with Crippen LogP contribution in [0.3, 0.4) is 0 Å². The molecule has 4 heterocycles. The Balaban J connectivity index is 1.04. The molecular formula is C40H48N4O5. The highest BCUT2D eigenvalue weighted by Gasteiger charge is 2.43. The number of carbonyl (C=O) groups is 2. The normalized spacial score (nSPS) is 21.6. The molecule has 0 saturated heterocycles. The topological polar surface area (TPSA) is 94.9 Å². The molecule has 3 atom stereocenters. The van der Waals surface area contributed by atoms with Crippen LogP contribution in [-0.4, -0.2) is 70.5 Å². The molecule has 0 aliphatic carbocycles. The Hall–Kier alpha value is -4.63. The number of benzene rings is 2. The zero-order valence-corrected chi connectivity index (χ0v) is 29.5. The van der Waals surface area contributed by atoms with Gasteiger partial charge in [0.2, 0.25) is 0 Å². The zero-order valence-electron chi connectivity index (χ0n) is 29.5. The first kappa shape index (κ1) is 34.2. The number of anilines is 1. The molecule has 0 aromatic heterocycles. The summed E-state index contributed by atoms with van der Waals surface area (Å²) in [4.78, 5) is 37.2. The third-order valence-electron chi connectivity index (χ3n) is 9.65. The second kappa shape index (κ2) is 14.5. The third kappa shape index (κ3) is 6.81. The van der Waals surface area contributed by atoms with Crippen molar-refractivity contribution >= 4 is 29.4 Å². The molecule has 4 aliphatic heterocycles. The Morgan fingerprint density at radius 3 is 2.08 bits per heavy atom. The summed E-state index contributed by atoms with van der Waals surface area (Å²) in [6, 6.07) is 7.15. The van der Waals surface area contributed by atoms with Crippen LogP contribution in [0.15, 0.2) is 77.1 Å². The maximum absolute atomic E-state index is 13.7. The molecule has 6 rings (SSSR count). The predicted octanol–water partition coefficient (Wildman–Crippen LogP) is 7.54. The number of hydrogen-bond donors (Lipinski definition) is 1. The first-order valence-electron chi connectivity index (χ1n) is 17.5. The number of aliphatic imine (C=N–C) groups is 1. The minimum atomic E-state index is -0.846. The van der Waals surface area contributed by atoms with Crippen LogP contribution in [0.25, 0.3) is 0 Å². The smallest absolute Gasteiger partial charge is 0.260 e. The van der Waals surface area contributed by atoms with Crippen LogP contribution >= 0.6 is 0 Å². The van der Waals surface area contributed by atoms with Gasteiger partial charge in [-0.3, -0.25) is 14.6 Å². The van der Waals surface area contributed by atoms with Crippen molar-refractivity contribution in [2.45, 2.75) is 98.0 Å². The van der Waals surface area contributed by atoms with Crippen molar-refractivity contribution in [3.8, 4) is 11.5 Å². The first-order valence-corrected chi connectivity index (χ1v) is 17.5. The number of carbonyl (C=O) groups excluding carboxylic acids is 2. The Morgan fingerprint density at radius 1 is 0.837 bits per heavy atom. The molecule has 1 unspecified atom stereocenters. The van der Waals surface area contributed by atoms with E-state index >= 15 is 0 Å². The molecule has 0 saturated carbocycles. The summed E-state index contributed by atoms with van der Waals surface area (Å²) < 4.78 is 12.4. The van der Waals surface area contributed by atoms with Crippen molar-refractivity contribution in [2.24, 2.45) is 4.99 Å². The Labute approximate surface area is 289 Å². The molecular weight excluding hydrogens is 616 g/mol. The highest BCUT2D eigenvalue weighted by atomic mass is 16.5. The van der Waals surface area contributed by atoms with Gasteiger partial charge in [-0.15, -0.1) is 0 Å². The molecule has 9 heteroatoms. The third-order valence-corrected chi connectivity index (χ3v) is 9.65. The van der Waals surface area contributed by atoms with Gasteiger partial charge >= 0.3 is 0 Å². The lowest BCUT2D eigenvalue weighted by atomic mass is 10.0. The summed E-state index contributed by atoms with van der Waals surface area (Å²) in [7, 11) is 0. The van der Waals surface area contributed by atoms with Crippen LogP contribution in [0.1, 0.15) is 91.6 Å². The molecule has 0 radical (unpaired) electrons. The van der Waals surface area contributed by atoms with Crippen LogP contribution in [0.4, 0.5) is 11.4 Å². The fraction of sp³-hybridized carbons (Fsp3) is 0.425. The van der Waals surface area contributed by atoms with E-state index in [-0.39, 0.29) is 29.9 Å². The zero-order chi connectivity index (χ0) is 34.8. The van der Waals surface area contributed by atoms with Gasteiger partial charge in [0.15, 0.2) is 0 Å². The maximum Gasteiger partial charge on any atom is 0.260 e. The van der Waals surface area contributed by atoms with E-state index in [0.717, 1.165) is 59.5 Å². The van der Waals surface area contributed by atoms with Gasteiger partial charge in [-0.25, -0.2) is 0 Å². The number of amides is 2. The Kier molecular flexibility index (Phi) is 10.1. The van der Waals surface area contributed by atoms with E-state index in [1.54, 1.807) is 9.80 Å². The number of hydrogen-bond acceptors (Lipinski definition) is 7. The van der Waals surface area contributed by atoms with E-state index in [1.807, 2.05) is 114 Å². The lowest BCUT2D eigenvalue weighted by Crippen LogP contribution is -2.50. The summed E-state index contributed by atoms with van der Waals surface area (Å²) >= 11 is 0. The number of ether oxygens (including phenoxy) is 2. The molecule has 0 bridgehead atoms. The molecule has 258 valence electrons. The summed E-state index contributed by atoms with van der Waals surface area (Å²) in [6.07, 6.45) is 16.8. The van der Waals surface area contributed by atoms with E-state index in [2.05, 4.69) is 4.99 Å². The van der Waals surface area contributed by atoms with Gasteiger partial charge in [0.1, 0.15) is 17.7 Å². The lowest BCUT2D eigenvalue weighted by molar-refractivity contribution is 0.0561. The standard InChI is InChI=1S/C40H48N4O5/c1-7-12-28-18-30-22-41-33-20-36(26(5)16-31(33)38(45)42(30)23-28)48-14-10-9-11-15-49-37-21-34-32(17-27(37)6)39(46)43-24-29(13-8-2)19-35(43)40(47)44(34)25(3)4/h7-8,12-13,16-17,20-25,30,35,40,47H,9-11,14-15,18-19H2,1-6H3/b12-7+,13-8+/t30-,35-,40?/m0/s1. The SMILES string of the molecule is C/C=C/C1=CN2C(=O)c3cc(C)c(OCCCCCOc4cc5c(cc4C)C(=O)N4C=C(/C=C/C)C[C@H]4C(O)N5C(C)C)cc3N=C[C@@H]2C1. The molecule has 1 N–H and O–H groups in total. The number of aryl methyl sites for hydroxylation is 2. The van der Waals surface area contributed by atoms with Gasteiger partial charge in [0, 0.05) is 36.8 Å². The van der Waals surface area contributed by atoms with E-state index in [4.69, 9.17) is 9.47 Å². The average Bonchev–Trinajstić information content (AvgIpc) is 3.64. The Morgan fingerprint density at radius 2 is 1.43 bits per heavy atom. The van der Waals surface area contributed by atoms with Gasteiger partial charge in [-0.2, -0.15) is 0 Å². The van der Waals surface area contributed by atoms with Gasteiger partial charge in [0.05, 0.1) is 47.8 Å². The van der Waals surface area contributed by atoms with E-state index in [0.29, 0.717) is 42.1 Å². The Bertz CT molecular complexity index is 1770. The second-order valence-corrected chi connectivity index (χ2v) is 13.6. The summed E-state index contributed by atoms with van der Waals surface area (Å²) in [5, 5.41) is 11.5. The highest BCUT2D eigenvalue weighted by Crippen LogP contribution is 2.40. The van der Waals surface area contributed by atoms with Crippen molar-refractivity contribution in [3.63, 3.8) is 0 Å². The largest absolute Gasteiger partial charge is 0.493 e. The van der Waals surface area contributed by atoms with Crippen LogP contribution in [0.5, 0.6) is 11.5 Å². The lowest BCUT2D eigenvalue weighted by Gasteiger charge is -2.37. The second-order valence-electron chi connectivity index (χ2n) is 13.6. The fourth-order valence-electron chi connectivity index (χ4n) is 7.21. The highest BCUT2D eigenvalue weighted by molar-refractivity contribution is 6.04. The van der Waals surface area contributed by atoms with Crippen molar-refractivity contribution < 1.29 is 24.2 Å². The summed E-state index contributed by atoms with van der Waals surface area (Å²) in [6.45, 7) is 13.0. The number of nitrogens with zero attached hydrogens (tertiary/aromatic N) is 4. The van der Waals surface area contributed by atoms with Gasteiger partial charge in [-0.05, 0) is 108 Å². The number of allylic oxidation sites excluding steroid dienone is 4. The van der Waals surface area contributed by atoms with Crippen molar-refractivity contribution in [2.75, 3.05) is 18.1 Å². The molecule has 0 spiro atoms. The quantitative estimate of drug-likeness (QED) is 0.250. The number of rotatable bonds is 11. The fourth-order valence-corrected chi connectivity index (χ4v) is 7.21. The van der Waals surface area contributed by atoms with Gasteiger partial charge < -0.3 is 29.3 Å². The van der Waals surface area contributed by atoms with Crippen molar-refractivity contribution in [1.29, 1.82) is 0 Å². The minimum Gasteiger partial charge on any atom is -0.493 e. The minimum absolute atomic E-state index is 0.0238. The van der Waals surface area contributed by atoms with Crippen LogP contribution in [-0.2, 0) is 0 Å². The number of fused-ring (bicyclic) bond motifs is 4. The monoisotopic (exact) mass is 664 g/mol. The number of aliphatic hydroxyl groups is 1. The number of unbranched alkanes of at least 4 members (excludes halogenated alkanes) is 2. The molecule has 2 aromatic carbocycles. The van der Waals surface area contributed by atoms with Gasteiger partial charge in [-0.1, -0.05) is 24.3 Å². The van der Waals surface area contributed by atoms with Crippen LogP contribution in [0.2, 0.25) is 0 Å². The predicted molar refractivity (Wildman–Crippen MR) is 194 cm³/mol. The summed E-state index contributed by atoms with van der Waals surface area (Å²) in [5.74, 6) is 1.33. The van der Waals surface area contributed by atoms with E-state index < -0.39 is 6.23 Å². The van der Waals surface area contributed by atoms with Crippen molar-refractivity contribution in [3.05, 3.63) is 94.4 Å². The van der Waals surface area contributed by atoms with Crippen molar-refractivity contribution in [1.82, 2.24) is 9.80 Å². The average molecular weight is 665 g/mol. The van der Waals surface area contributed by atoms with Crippen LogP contribution < -0.4 is 14.4 Å². The van der Waals surface area contributed by atoms with E-state index in [1.165, 1.54) is 0 Å². The van der Waals surface area contributed by atoms with Crippen LogP contribution in [0, 0.1) is 13.8 Å². The van der Waals surface area contributed by atoms with Gasteiger partial charge in [0.25, 0.3) is 11.8 Å². The van der Waals surface area contributed by atoms with E-state index in [9.17, 15) is 14.7 Å². The molecule has 4 aliphatic rings. The molecule has 49 heavy (non-hydrogen) atoms. The molecule has 9 nitrogen and oxygen atoms in total. The maximum atomic E-state index is 13.7. The number of aliphatic hydroxyl groups excluding tert-OH is 1. The molecule has 2 amide bonds. The summed E-state index contributed by atoms with van der Waals surface area (Å²) in [5.41, 5.74) is 6.47. The first-order chi connectivity index (χ1) is 23.6. The molecule has 2 aromatic rings. The molecule has 0 fully saturated rings.